The first-order valence-corrected chi connectivity index (χ1v) is 6.79. The lowest BCUT2D eigenvalue weighted by Gasteiger charge is -2.07. The van der Waals surface area contributed by atoms with Crippen LogP contribution in [0, 0.1) is 0 Å². The lowest BCUT2D eigenvalue weighted by Crippen LogP contribution is -2.85. The van der Waals surface area contributed by atoms with Gasteiger partial charge in [-0.3, -0.25) is 0 Å². The van der Waals surface area contributed by atoms with Gasteiger partial charge in [0.05, 0.1) is 30.8 Å². The fourth-order valence-electron chi connectivity index (χ4n) is 1.35. The number of hydrogen-bond donors (Lipinski definition) is 1. The van der Waals surface area contributed by atoms with E-state index in [0.29, 0.717) is 11.6 Å². The Morgan fingerprint density at radius 1 is 1.29 bits per heavy atom. The summed E-state index contributed by atoms with van der Waals surface area (Å²) in [4.78, 5) is 0. The van der Waals surface area contributed by atoms with Crippen LogP contribution in [-0.4, -0.2) is 33.4 Å². The Balaban J connectivity index is 2.14. The second kappa shape index (κ2) is 8.75. The molecule has 0 aromatic heterocycles. The minimum absolute atomic E-state index is 0.706. The molecule has 2 N–H and O–H groups in total. The highest BCUT2D eigenvalue weighted by Crippen LogP contribution is 2.27. The van der Waals surface area contributed by atoms with Crippen LogP contribution in [0.15, 0.2) is 22.7 Å². The van der Waals surface area contributed by atoms with Crippen molar-refractivity contribution in [2.24, 2.45) is 0 Å². The third-order valence-corrected chi connectivity index (χ3v) is 3.08. The lowest BCUT2D eigenvalue weighted by atomic mass is 10.3. The second-order valence-electron chi connectivity index (χ2n) is 3.64. The molecule has 0 bridgehead atoms. The fraction of sp³-hybridized carbons (Fsp3) is 0.500. The number of halogens is 2. The van der Waals surface area contributed by atoms with E-state index in [-0.39, 0.29) is 0 Å². The number of nitrogens with two attached hydrogens (primary N) is 1. The minimum Gasteiger partial charge on any atom is -0.492 e. The van der Waals surface area contributed by atoms with Crippen molar-refractivity contribution in [2.45, 2.75) is 6.42 Å². The smallest absolute Gasteiger partial charge is 0.133 e. The molecule has 0 spiro atoms. The molecule has 96 valence electrons. The Kier molecular flexibility index (Phi) is 7.60. The quantitative estimate of drug-likeness (QED) is 0.744. The summed E-state index contributed by atoms with van der Waals surface area (Å²) in [6.45, 7) is 3.56. The molecule has 0 radical (unpaired) electrons. The van der Waals surface area contributed by atoms with E-state index in [9.17, 15) is 0 Å². The summed E-state index contributed by atoms with van der Waals surface area (Å²) in [5, 5.41) is 2.93. The normalized spacial score (nSPS) is 10.5. The van der Waals surface area contributed by atoms with E-state index in [1.807, 2.05) is 18.2 Å². The molecule has 0 heterocycles. The Labute approximate surface area is 116 Å². The molecule has 0 saturated carbocycles. The third kappa shape index (κ3) is 6.27. The Morgan fingerprint density at radius 2 is 2.12 bits per heavy atom. The van der Waals surface area contributed by atoms with Crippen molar-refractivity contribution in [1.82, 2.24) is 0 Å². The van der Waals surface area contributed by atoms with Crippen molar-refractivity contribution in [1.29, 1.82) is 0 Å². The zero-order valence-electron chi connectivity index (χ0n) is 9.92. The molecule has 1 aromatic carbocycles. The molecule has 1 rings (SSSR count). The molecule has 0 aliphatic heterocycles. The van der Waals surface area contributed by atoms with E-state index in [1.54, 1.807) is 7.11 Å². The van der Waals surface area contributed by atoms with Crippen molar-refractivity contribution in [3.05, 3.63) is 27.7 Å². The predicted molar refractivity (Wildman–Crippen MR) is 72.8 cm³/mol. The molecule has 0 amide bonds. The van der Waals surface area contributed by atoms with E-state index in [1.165, 1.54) is 0 Å². The topological polar surface area (TPSA) is 35.1 Å². The molecular formula is C12H18BrClNO2+. The number of quaternary nitrogens is 1. The van der Waals surface area contributed by atoms with Gasteiger partial charge < -0.3 is 14.8 Å². The van der Waals surface area contributed by atoms with Crippen LogP contribution in [0.2, 0.25) is 5.02 Å². The highest BCUT2D eigenvalue weighted by atomic mass is 79.9. The van der Waals surface area contributed by atoms with Gasteiger partial charge in [0.1, 0.15) is 5.75 Å². The highest BCUT2D eigenvalue weighted by molar-refractivity contribution is 9.10. The van der Waals surface area contributed by atoms with Gasteiger partial charge in [-0.1, -0.05) is 11.6 Å². The second-order valence-corrected chi connectivity index (χ2v) is 4.93. The van der Waals surface area contributed by atoms with Gasteiger partial charge in [0.2, 0.25) is 0 Å². The summed E-state index contributed by atoms with van der Waals surface area (Å²) in [7, 11) is 1.72. The summed E-state index contributed by atoms with van der Waals surface area (Å²) >= 11 is 9.26. The van der Waals surface area contributed by atoms with Crippen LogP contribution in [0.3, 0.4) is 0 Å². The third-order valence-electron chi connectivity index (χ3n) is 2.23. The first-order valence-electron chi connectivity index (χ1n) is 5.62. The number of benzene rings is 1. The minimum atomic E-state index is 0.706. The van der Waals surface area contributed by atoms with Gasteiger partial charge in [0.25, 0.3) is 0 Å². The average molecular weight is 324 g/mol. The molecule has 0 atom stereocenters. The first kappa shape index (κ1) is 14.8. The maximum absolute atomic E-state index is 5.85. The molecule has 0 unspecified atom stereocenters. The van der Waals surface area contributed by atoms with Crippen molar-refractivity contribution in [3.8, 4) is 5.75 Å². The van der Waals surface area contributed by atoms with Gasteiger partial charge in [0, 0.05) is 18.6 Å². The molecule has 0 aliphatic carbocycles. The van der Waals surface area contributed by atoms with Crippen molar-refractivity contribution >= 4 is 27.5 Å². The van der Waals surface area contributed by atoms with Gasteiger partial charge in [0.15, 0.2) is 0 Å². The van der Waals surface area contributed by atoms with E-state index in [2.05, 4.69) is 21.2 Å². The number of hydrogen-bond acceptors (Lipinski definition) is 2. The summed E-state index contributed by atoms with van der Waals surface area (Å²) in [6.07, 6.45) is 1.01. The Bertz CT molecular complexity index is 336. The summed E-state index contributed by atoms with van der Waals surface area (Å²) in [5.74, 6) is 0.839. The van der Waals surface area contributed by atoms with Crippen molar-refractivity contribution in [3.63, 3.8) is 0 Å². The lowest BCUT2D eigenvalue weighted by molar-refractivity contribution is -0.656. The highest BCUT2D eigenvalue weighted by Gasteiger charge is 2.01. The Hall–Kier alpha value is -0.290. The zero-order chi connectivity index (χ0) is 12.5. The first-order chi connectivity index (χ1) is 8.24. The average Bonchev–Trinajstić information content (AvgIpc) is 2.30. The zero-order valence-corrected chi connectivity index (χ0v) is 12.3. The Morgan fingerprint density at radius 3 is 2.82 bits per heavy atom. The summed E-state index contributed by atoms with van der Waals surface area (Å²) in [5.41, 5.74) is 0. The SMILES string of the molecule is COCC[NH2+]CCCOc1ccc(Cl)cc1Br. The van der Waals surface area contributed by atoms with Gasteiger partial charge in [-0.2, -0.15) is 0 Å². The largest absolute Gasteiger partial charge is 0.492 e. The van der Waals surface area contributed by atoms with Crippen LogP contribution in [0.25, 0.3) is 0 Å². The molecule has 0 saturated heterocycles. The van der Waals surface area contributed by atoms with Crippen LogP contribution in [0.1, 0.15) is 6.42 Å². The van der Waals surface area contributed by atoms with Crippen LogP contribution in [0.4, 0.5) is 0 Å². The van der Waals surface area contributed by atoms with Crippen LogP contribution < -0.4 is 10.1 Å². The monoisotopic (exact) mass is 322 g/mol. The van der Waals surface area contributed by atoms with Crippen molar-refractivity contribution < 1.29 is 14.8 Å². The maximum atomic E-state index is 5.85. The molecule has 17 heavy (non-hydrogen) atoms. The van der Waals surface area contributed by atoms with Gasteiger partial charge >= 0.3 is 0 Å². The fourth-order valence-corrected chi connectivity index (χ4v) is 2.14. The van der Waals surface area contributed by atoms with Crippen molar-refractivity contribution in [2.75, 3.05) is 33.4 Å². The maximum Gasteiger partial charge on any atom is 0.133 e. The van der Waals surface area contributed by atoms with E-state index in [0.717, 1.165) is 36.3 Å². The van der Waals surface area contributed by atoms with E-state index >= 15 is 0 Å². The molecule has 0 fully saturated rings. The molecule has 0 aliphatic rings. The standard InChI is InChI=1S/C12H17BrClNO2/c1-16-8-6-15-5-2-7-17-12-4-3-10(14)9-11(12)13/h3-4,9,15H,2,5-8H2,1H3/p+1. The molecular weight excluding hydrogens is 305 g/mol. The van der Waals surface area contributed by atoms with Crippen LogP contribution in [0.5, 0.6) is 5.75 Å². The molecule has 5 heteroatoms. The van der Waals surface area contributed by atoms with Crippen LogP contribution >= 0.6 is 27.5 Å². The summed E-state index contributed by atoms with van der Waals surface area (Å²) in [6, 6.07) is 5.54. The molecule has 3 nitrogen and oxygen atoms in total. The van der Waals surface area contributed by atoms with Gasteiger partial charge in [-0.05, 0) is 34.1 Å². The number of ether oxygens (including phenoxy) is 2. The van der Waals surface area contributed by atoms with E-state index < -0.39 is 0 Å². The number of methoxy groups -OCH3 is 1. The van der Waals surface area contributed by atoms with Gasteiger partial charge in [-0.15, -0.1) is 0 Å². The van der Waals surface area contributed by atoms with Crippen LogP contribution in [-0.2, 0) is 4.74 Å². The predicted octanol–water partition coefficient (Wildman–Crippen LogP) is 2.08. The van der Waals surface area contributed by atoms with Gasteiger partial charge in [-0.25, -0.2) is 0 Å². The molecule has 1 aromatic rings. The number of rotatable bonds is 8. The summed E-state index contributed by atoms with van der Waals surface area (Å²) < 4.78 is 11.5. The van der Waals surface area contributed by atoms with E-state index in [4.69, 9.17) is 21.1 Å².